The maximum atomic E-state index is 6.17. The lowest BCUT2D eigenvalue weighted by atomic mass is 10.2. The molecule has 0 atom stereocenters. The standard InChI is InChI=1S/C11H9ClN4S/c1-6-5-17-11-15-14-10(16(6)11)8-4-7(13)2-3-9(8)12/h2-5H,13H2,1H3. The zero-order chi connectivity index (χ0) is 12.0. The number of nitrogens with two attached hydrogens (primary N) is 1. The van der Waals surface area contributed by atoms with Gasteiger partial charge in [0.15, 0.2) is 5.82 Å². The smallest absolute Gasteiger partial charge is 0.216 e. The summed E-state index contributed by atoms with van der Waals surface area (Å²) in [6, 6.07) is 5.36. The molecule has 86 valence electrons. The van der Waals surface area contributed by atoms with Crippen LogP contribution in [0.2, 0.25) is 5.02 Å². The molecule has 4 nitrogen and oxygen atoms in total. The Bertz CT molecular complexity index is 701. The van der Waals surface area contributed by atoms with E-state index in [4.69, 9.17) is 17.3 Å². The van der Waals surface area contributed by atoms with E-state index in [9.17, 15) is 0 Å². The number of nitrogen functional groups attached to an aromatic ring is 1. The summed E-state index contributed by atoms with van der Waals surface area (Å²) in [5.41, 5.74) is 8.33. The summed E-state index contributed by atoms with van der Waals surface area (Å²) in [4.78, 5) is 0.857. The van der Waals surface area contributed by atoms with Crippen LogP contribution in [0.25, 0.3) is 16.3 Å². The number of nitrogens with zero attached hydrogens (tertiary/aromatic N) is 3. The minimum absolute atomic E-state index is 0.624. The number of thiazole rings is 1. The van der Waals surface area contributed by atoms with Gasteiger partial charge in [-0.1, -0.05) is 11.6 Å². The van der Waals surface area contributed by atoms with Crippen LogP contribution < -0.4 is 5.73 Å². The van der Waals surface area contributed by atoms with Gasteiger partial charge in [0.25, 0.3) is 0 Å². The molecule has 0 aliphatic carbocycles. The lowest BCUT2D eigenvalue weighted by Crippen LogP contribution is -1.93. The van der Waals surface area contributed by atoms with E-state index < -0.39 is 0 Å². The molecule has 0 radical (unpaired) electrons. The number of fused-ring (bicyclic) bond motifs is 1. The third kappa shape index (κ3) is 1.59. The molecule has 17 heavy (non-hydrogen) atoms. The first-order chi connectivity index (χ1) is 8.16. The van der Waals surface area contributed by atoms with Crippen LogP contribution in [-0.4, -0.2) is 14.6 Å². The van der Waals surface area contributed by atoms with E-state index in [0.717, 1.165) is 22.0 Å². The first kappa shape index (κ1) is 10.6. The quantitative estimate of drug-likeness (QED) is 0.688. The Kier molecular flexibility index (Phi) is 2.31. The molecule has 0 bridgehead atoms. The van der Waals surface area contributed by atoms with Gasteiger partial charge >= 0.3 is 0 Å². The number of benzene rings is 1. The molecule has 0 fully saturated rings. The van der Waals surface area contributed by atoms with Crippen molar-refractivity contribution < 1.29 is 0 Å². The molecule has 3 rings (SSSR count). The van der Waals surface area contributed by atoms with E-state index >= 15 is 0 Å². The van der Waals surface area contributed by atoms with Crippen molar-refractivity contribution in [2.24, 2.45) is 0 Å². The third-order valence-electron chi connectivity index (χ3n) is 2.55. The summed E-state index contributed by atoms with van der Waals surface area (Å²) in [6.07, 6.45) is 0. The van der Waals surface area contributed by atoms with Crippen molar-refractivity contribution in [1.82, 2.24) is 14.6 Å². The average Bonchev–Trinajstić information content (AvgIpc) is 2.86. The van der Waals surface area contributed by atoms with Gasteiger partial charge in [-0.2, -0.15) is 0 Å². The van der Waals surface area contributed by atoms with Crippen molar-refractivity contribution in [2.45, 2.75) is 6.92 Å². The van der Waals surface area contributed by atoms with Gasteiger partial charge in [0.1, 0.15) is 0 Å². The molecule has 0 spiro atoms. The maximum absolute atomic E-state index is 6.17. The number of aryl methyl sites for hydroxylation is 1. The molecule has 2 heterocycles. The van der Waals surface area contributed by atoms with Gasteiger partial charge in [0.05, 0.1) is 5.02 Å². The molecule has 2 N–H and O–H groups in total. The molecule has 0 unspecified atom stereocenters. The molecule has 0 aliphatic rings. The van der Waals surface area contributed by atoms with Crippen LogP contribution in [0.5, 0.6) is 0 Å². The Balaban J connectivity index is 2.33. The van der Waals surface area contributed by atoms with Crippen molar-refractivity contribution in [1.29, 1.82) is 0 Å². The average molecular weight is 265 g/mol. The summed E-state index contributed by atoms with van der Waals surface area (Å²) in [6.45, 7) is 2.01. The lowest BCUT2D eigenvalue weighted by Gasteiger charge is -2.03. The summed E-state index contributed by atoms with van der Waals surface area (Å²) >= 11 is 7.73. The predicted octanol–water partition coefficient (Wildman–Crippen LogP) is 3.00. The van der Waals surface area contributed by atoms with E-state index in [0.29, 0.717) is 10.7 Å². The highest BCUT2D eigenvalue weighted by molar-refractivity contribution is 7.15. The zero-order valence-electron chi connectivity index (χ0n) is 9.01. The van der Waals surface area contributed by atoms with Crippen molar-refractivity contribution in [3.8, 4) is 11.4 Å². The monoisotopic (exact) mass is 264 g/mol. The number of aromatic nitrogens is 3. The number of hydrogen-bond acceptors (Lipinski definition) is 4. The first-order valence-electron chi connectivity index (χ1n) is 5.01. The lowest BCUT2D eigenvalue weighted by molar-refractivity contribution is 1.09. The summed E-state index contributed by atoms with van der Waals surface area (Å²) in [7, 11) is 0. The second-order valence-electron chi connectivity index (χ2n) is 3.76. The van der Waals surface area contributed by atoms with Crippen LogP contribution in [0.1, 0.15) is 5.69 Å². The van der Waals surface area contributed by atoms with Crippen LogP contribution in [0.4, 0.5) is 5.69 Å². The highest BCUT2D eigenvalue weighted by Crippen LogP contribution is 2.30. The van der Waals surface area contributed by atoms with Crippen molar-refractivity contribution in [3.63, 3.8) is 0 Å². The fourth-order valence-electron chi connectivity index (χ4n) is 1.74. The summed E-state index contributed by atoms with van der Waals surface area (Å²) in [5.74, 6) is 0.732. The Morgan fingerprint density at radius 2 is 2.18 bits per heavy atom. The Morgan fingerprint density at radius 3 is 3.00 bits per heavy atom. The largest absolute Gasteiger partial charge is 0.399 e. The second-order valence-corrected chi connectivity index (χ2v) is 5.00. The summed E-state index contributed by atoms with van der Waals surface area (Å²) in [5, 5.41) is 10.9. The number of anilines is 1. The minimum Gasteiger partial charge on any atom is -0.399 e. The van der Waals surface area contributed by atoms with Crippen LogP contribution in [0.3, 0.4) is 0 Å². The van der Waals surface area contributed by atoms with E-state index in [2.05, 4.69) is 10.2 Å². The predicted molar refractivity (Wildman–Crippen MR) is 70.5 cm³/mol. The van der Waals surface area contributed by atoms with E-state index in [1.54, 1.807) is 23.5 Å². The Labute approximate surface area is 107 Å². The molecule has 6 heteroatoms. The number of halogens is 1. The Morgan fingerprint density at radius 1 is 1.35 bits per heavy atom. The molecule has 0 saturated heterocycles. The van der Waals surface area contributed by atoms with Gasteiger partial charge in [0.2, 0.25) is 4.96 Å². The van der Waals surface area contributed by atoms with Crippen LogP contribution >= 0.6 is 22.9 Å². The van der Waals surface area contributed by atoms with Crippen LogP contribution in [-0.2, 0) is 0 Å². The topological polar surface area (TPSA) is 56.2 Å². The fourth-order valence-corrected chi connectivity index (χ4v) is 2.75. The second kappa shape index (κ2) is 3.72. The zero-order valence-corrected chi connectivity index (χ0v) is 10.6. The minimum atomic E-state index is 0.624. The third-order valence-corrected chi connectivity index (χ3v) is 3.82. The van der Waals surface area contributed by atoms with Gasteiger partial charge in [-0.05, 0) is 25.1 Å². The molecule has 0 aliphatic heterocycles. The van der Waals surface area contributed by atoms with Crippen LogP contribution in [0, 0.1) is 6.92 Å². The van der Waals surface area contributed by atoms with Crippen molar-refractivity contribution in [2.75, 3.05) is 5.73 Å². The highest BCUT2D eigenvalue weighted by atomic mass is 35.5. The molecule has 0 amide bonds. The van der Waals surface area contributed by atoms with E-state index in [1.807, 2.05) is 22.8 Å². The van der Waals surface area contributed by atoms with E-state index in [1.165, 1.54) is 0 Å². The normalized spacial score (nSPS) is 11.2. The van der Waals surface area contributed by atoms with Gasteiger partial charge in [-0.3, -0.25) is 4.40 Å². The van der Waals surface area contributed by atoms with Gasteiger partial charge in [-0.15, -0.1) is 21.5 Å². The van der Waals surface area contributed by atoms with Gasteiger partial charge in [-0.25, -0.2) is 0 Å². The molecule has 3 aromatic rings. The van der Waals surface area contributed by atoms with Crippen molar-refractivity contribution >= 4 is 33.6 Å². The number of rotatable bonds is 1. The molecule has 2 aromatic heterocycles. The molecular weight excluding hydrogens is 256 g/mol. The van der Waals surface area contributed by atoms with Crippen LogP contribution in [0.15, 0.2) is 23.6 Å². The van der Waals surface area contributed by atoms with Gasteiger partial charge in [0, 0.05) is 22.3 Å². The van der Waals surface area contributed by atoms with E-state index in [-0.39, 0.29) is 0 Å². The Hall–Kier alpha value is -1.59. The summed E-state index contributed by atoms with van der Waals surface area (Å²) < 4.78 is 1.98. The fraction of sp³-hybridized carbons (Fsp3) is 0.0909. The SMILES string of the molecule is Cc1csc2nnc(-c3cc(N)ccc3Cl)n12. The molecular formula is C11H9ClN4S. The highest BCUT2D eigenvalue weighted by Gasteiger charge is 2.14. The van der Waals surface area contributed by atoms with Crippen molar-refractivity contribution in [3.05, 3.63) is 34.3 Å². The molecule has 1 aromatic carbocycles. The molecule has 0 saturated carbocycles. The maximum Gasteiger partial charge on any atom is 0.216 e. The van der Waals surface area contributed by atoms with Gasteiger partial charge < -0.3 is 5.73 Å². The first-order valence-corrected chi connectivity index (χ1v) is 6.27. The number of hydrogen-bond donors (Lipinski definition) is 1.